The fraction of sp³-hybridized carbons (Fsp3) is 0.323. The van der Waals surface area contributed by atoms with Crippen LogP contribution < -0.4 is 20.6 Å². The number of fused-ring (bicyclic) bond motifs is 1. The highest BCUT2D eigenvalue weighted by atomic mass is 28.3. The number of ether oxygens (including phenoxy) is 2. The molecule has 42 heavy (non-hydrogen) atoms. The number of hydrogen-bond acceptors (Lipinski definition) is 5. The molecule has 3 aromatic rings. The summed E-state index contributed by atoms with van der Waals surface area (Å²) in [5.41, 5.74) is 2.07. The zero-order valence-electron chi connectivity index (χ0n) is 24.3. The number of nitrogens with zero attached hydrogens (tertiary/aromatic N) is 1. The zero-order valence-corrected chi connectivity index (χ0v) is 25.3. The molecule has 0 aromatic heterocycles. The molecular formula is C31H35F2N3O5Si. The zero-order chi connectivity index (χ0) is 30.6. The van der Waals surface area contributed by atoms with Crippen LogP contribution in [0.2, 0.25) is 19.6 Å². The number of esters is 1. The number of anilines is 1. The molecule has 1 aliphatic heterocycles. The molecule has 0 unspecified atom stereocenters. The molecular weight excluding hydrogens is 560 g/mol. The van der Waals surface area contributed by atoms with Crippen molar-refractivity contribution in [1.29, 1.82) is 0 Å². The highest BCUT2D eigenvalue weighted by Crippen LogP contribution is 2.33. The standard InChI is InChI=1S/C31H35F2N3O5Si/c1-19(30(38)41-18-20-9-7-6-8-10-20)34-31(39)36-14-13-21-15-23(40-2)11-12-24(21)27(36)29(37)35-22-16-25(32)28(26(33)17-22)42(3,4)5/h6-12,15-17,19,27H,13-14,18H2,1-5H3,(H,34,39)(H,35,37)/t19-,27-/m1/s1. The summed E-state index contributed by atoms with van der Waals surface area (Å²) in [5, 5.41) is 5.26. The minimum Gasteiger partial charge on any atom is -0.497 e. The summed E-state index contributed by atoms with van der Waals surface area (Å²) in [5.74, 6) is -2.16. The lowest BCUT2D eigenvalue weighted by atomic mass is 9.91. The Morgan fingerprint density at radius 2 is 1.69 bits per heavy atom. The van der Waals surface area contributed by atoms with Crippen LogP contribution in [0, 0.1) is 11.6 Å². The number of methoxy groups -OCH3 is 1. The maximum Gasteiger partial charge on any atom is 0.328 e. The molecule has 8 nitrogen and oxygen atoms in total. The lowest BCUT2D eigenvalue weighted by Gasteiger charge is -2.37. The van der Waals surface area contributed by atoms with Crippen LogP contribution in [-0.2, 0) is 27.4 Å². The van der Waals surface area contributed by atoms with Crippen molar-refractivity contribution in [3.05, 3.63) is 89.0 Å². The molecule has 11 heteroatoms. The number of hydrogen-bond donors (Lipinski definition) is 2. The average Bonchev–Trinajstić information content (AvgIpc) is 2.94. The van der Waals surface area contributed by atoms with Crippen LogP contribution in [0.4, 0.5) is 19.3 Å². The molecule has 2 atom stereocenters. The van der Waals surface area contributed by atoms with Gasteiger partial charge in [-0.25, -0.2) is 18.4 Å². The summed E-state index contributed by atoms with van der Waals surface area (Å²) >= 11 is 0. The van der Waals surface area contributed by atoms with Gasteiger partial charge in [0.05, 0.1) is 15.2 Å². The monoisotopic (exact) mass is 595 g/mol. The number of rotatable bonds is 8. The summed E-state index contributed by atoms with van der Waals surface area (Å²) in [6.45, 7) is 7.17. The van der Waals surface area contributed by atoms with Gasteiger partial charge in [-0.1, -0.05) is 56.0 Å². The van der Waals surface area contributed by atoms with E-state index in [1.165, 1.54) is 18.9 Å². The smallest absolute Gasteiger partial charge is 0.328 e. The predicted molar refractivity (Wildman–Crippen MR) is 158 cm³/mol. The van der Waals surface area contributed by atoms with Crippen LogP contribution in [0.3, 0.4) is 0 Å². The first-order chi connectivity index (χ1) is 19.9. The fourth-order valence-electron chi connectivity index (χ4n) is 4.98. The SMILES string of the molecule is COc1ccc2c(c1)CCN(C(=O)N[C@H](C)C(=O)OCc1ccccc1)[C@H]2C(=O)Nc1cc(F)c([Si](C)(C)C)c(F)c1. The van der Waals surface area contributed by atoms with Gasteiger partial charge in [-0.2, -0.15) is 0 Å². The number of halogens is 2. The maximum atomic E-state index is 14.9. The van der Waals surface area contributed by atoms with E-state index in [9.17, 15) is 23.2 Å². The molecule has 222 valence electrons. The van der Waals surface area contributed by atoms with Crippen molar-refractivity contribution >= 4 is 36.9 Å². The lowest BCUT2D eigenvalue weighted by molar-refractivity contribution is -0.146. The third-order valence-electron chi connectivity index (χ3n) is 7.06. The van der Waals surface area contributed by atoms with E-state index in [0.717, 1.165) is 23.3 Å². The number of nitrogens with one attached hydrogen (secondary N) is 2. The van der Waals surface area contributed by atoms with Crippen molar-refractivity contribution in [2.45, 2.75) is 51.7 Å². The molecule has 0 spiro atoms. The van der Waals surface area contributed by atoms with Gasteiger partial charge in [0.15, 0.2) is 0 Å². The Morgan fingerprint density at radius 1 is 1.02 bits per heavy atom. The molecule has 0 saturated heterocycles. The molecule has 3 amide bonds. The number of carbonyl (C=O) groups is 3. The molecule has 3 aromatic carbocycles. The third kappa shape index (κ3) is 6.96. The van der Waals surface area contributed by atoms with E-state index in [-0.39, 0.29) is 24.0 Å². The third-order valence-corrected chi connectivity index (χ3v) is 9.04. The normalized spacial score (nSPS) is 15.3. The highest BCUT2D eigenvalue weighted by molar-refractivity contribution is 6.88. The van der Waals surface area contributed by atoms with Gasteiger partial charge in [-0.15, -0.1) is 0 Å². The van der Waals surface area contributed by atoms with Gasteiger partial charge in [-0.3, -0.25) is 4.79 Å². The van der Waals surface area contributed by atoms with Gasteiger partial charge in [0.1, 0.15) is 36.1 Å². The van der Waals surface area contributed by atoms with E-state index >= 15 is 0 Å². The van der Waals surface area contributed by atoms with Crippen LogP contribution in [0.15, 0.2) is 60.7 Å². The Labute approximate surface area is 245 Å². The van der Waals surface area contributed by atoms with Crippen LogP contribution in [0.25, 0.3) is 0 Å². The minimum absolute atomic E-state index is 0.0461. The van der Waals surface area contributed by atoms with Crippen molar-refractivity contribution in [3.8, 4) is 5.75 Å². The number of urea groups is 1. The number of carbonyl (C=O) groups excluding carboxylic acids is 3. The van der Waals surface area contributed by atoms with Gasteiger partial charge in [0, 0.05) is 17.4 Å². The molecule has 2 N–H and O–H groups in total. The molecule has 0 fully saturated rings. The van der Waals surface area contributed by atoms with Crippen LogP contribution in [0.5, 0.6) is 5.75 Å². The Bertz CT molecular complexity index is 1460. The van der Waals surface area contributed by atoms with Crippen LogP contribution in [-0.4, -0.2) is 50.6 Å². The van der Waals surface area contributed by atoms with E-state index in [2.05, 4.69) is 10.6 Å². The van der Waals surface area contributed by atoms with Crippen molar-refractivity contribution in [1.82, 2.24) is 10.2 Å². The molecule has 0 saturated carbocycles. The van der Waals surface area contributed by atoms with E-state index in [1.54, 1.807) is 18.2 Å². The average molecular weight is 596 g/mol. The Balaban J connectivity index is 1.56. The predicted octanol–water partition coefficient (Wildman–Crippen LogP) is 4.90. The quantitative estimate of drug-likeness (QED) is 0.285. The molecule has 4 rings (SSSR count). The first-order valence-corrected chi connectivity index (χ1v) is 17.1. The summed E-state index contributed by atoms with van der Waals surface area (Å²) in [7, 11) is -0.796. The van der Waals surface area contributed by atoms with Crippen LogP contribution in [0.1, 0.15) is 29.7 Å². The van der Waals surface area contributed by atoms with Crippen molar-refractivity contribution in [2.75, 3.05) is 19.0 Å². The molecule has 0 bridgehead atoms. The Morgan fingerprint density at radius 3 is 2.31 bits per heavy atom. The molecule has 1 heterocycles. The van der Waals surface area contributed by atoms with Gasteiger partial charge in [0.2, 0.25) is 0 Å². The first kappa shape index (κ1) is 30.7. The summed E-state index contributed by atoms with van der Waals surface area (Å²) < 4.78 is 40.5. The Hall–Kier alpha value is -4.25. The highest BCUT2D eigenvalue weighted by Gasteiger charge is 2.37. The van der Waals surface area contributed by atoms with Gasteiger partial charge >= 0.3 is 12.0 Å². The second-order valence-corrected chi connectivity index (χ2v) is 16.2. The largest absolute Gasteiger partial charge is 0.497 e. The summed E-state index contributed by atoms with van der Waals surface area (Å²) in [6, 6.07) is 13.7. The Kier molecular flexibility index (Phi) is 9.30. The van der Waals surface area contributed by atoms with E-state index in [4.69, 9.17) is 9.47 Å². The number of amides is 3. The van der Waals surface area contributed by atoms with E-state index in [1.807, 2.05) is 50.0 Å². The van der Waals surface area contributed by atoms with Crippen molar-refractivity contribution < 1.29 is 32.6 Å². The lowest BCUT2D eigenvalue weighted by Crippen LogP contribution is -2.52. The second-order valence-electron chi connectivity index (χ2n) is 11.2. The first-order valence-electron chi connectivity index (χ1n) is 13.6. The summed E-state index contributed by atoms with van der Waals surface area (Å²) in [6.07, 6.45) is 0.421. The fourth-order valence-corrected chi connectivity index (χ4v) is 6.56. The number of benzene rings is 3. The van der Waals surface area contributed by atoms with Crippen LogP contribution >= 0.6 is 0 Å². The van der Waals surface area contributed by atoms with E-state index in [0.29, 0.717) is 17.7 Å². The van der Waals surface area contributed by atoms with E-state index < -0.39 is 49.7 Å². The maximum absolute atomic E-state index is 14.9. The van der Waals surface area contributed by atoms with Gasteiger partial charge in [0.25, 0.3) is 5.91 Å². The molecule has 0 aliphatic carbocycles. The molecule has 1 aliphatic rings. The molecule has 0 radical (unpaired) electrons. The van der Waals surface area contributed by atoms with Gasteiger partial charge in [-0.05, 0) is 54.3 Å². The second kappa shape index (κ2) is 12.7. The topological polar surface area (TPSA) is 97.0 Å². The summed E-state index contributed by atoms with van der Waals surface area (Å²) in [4.78, 5) is 41.0. The van der Waals surface area contributed by atoms with Crippen molar-refractivity contribution in [2.24, 2.45) is 0 Å². The van der Waals surface area contributed by atoms with Crippen molar-refractivity contribution in [3.63, 3.8) is 0 Å². The minimum atomic E-state index is -2.32. The van der Waals surface area contributed by atoms with Gasteiger partial charge < -0.3 is 25.0 Å².